The van der Waals surface area contributed by atoms with Crippen molar-refractivity contribution in [1.29, 1.82) is 0 Å². The first kappa shape index (κ1) is 40.1. The Morgan fingerprint density at radius 2 is 1.44 bits per heavy atom. The van der Waals surface area contributed by atoms with Gasteiger partial charge in [0.05, 0.1) is 42.4 Å². The minimum atomic E-state index is -1.24. The zero-order valence-electron chi connectivity index (χ0n) is 29.2. The van der Waals surface area contributed by atoms with E-state index in [0.29, 0.717) is 12.1 Å². The highest BCUT2D eigenvalue weighted by Crippen LogP contribution is 2.15. The van der Waals surface area contributed by atoms with Crippen molar-refractivity contribution in [3.05, 3.63) is 88.4 Å². The first-order chi connectivity index (χ1) is 24.0. The van der Waals surface area contributed by atoms with Crippen molar-refractivity contribution in [2.45, 2.75) is 96.7 Å². The summed E-state index contributed by atoms with van der Waals surface area (Å²) in [5, 5.41) is 33.8. The number of nitrogens with one attached hydrogen (secondary N) is 4. The molecule has 272 valence electrons. The number of carbonyl (C=O) groups is 4. The Morgan fingerprint density at radius 3 is 2.02 bits per heavy atom. The Bertz CT molecular complexity index is 1460. The summed E-state index contributed by atoms with van der Waals surface area (Å²) in [6.07, 6.45) is -1.02. The van der Waals surface area contributed by atoms with Gasteiger partial charge in [-0.15, -0.1) is 11.3 Å². The van der Waals surface area contributed by atoms with Crippen LogP contribution in [0.4, 0.5) is 4.79 Å². The van der Waals surface area contributed by atoms with E-state index in [9.17, 15) is 29.4 Å². The van der Waals surface area contributed by atoms with Crippen LogP contribution in [-0.4, -0.2) is 75.9 Å². The second kappa shape index (κ2) is 21.0. The molecular formula is C37H51N5O7S. The molecular weight excluding hydrogens is 659 g/mol. The van der Waals surface area contributed by atoms with Crippen molar-refractivity contribution in [3.8, 4) is 0 Å². The highest BCUT2D eigenvalue weighted by molar-refractivity contribution is 7.07. The van der Waals surface area contributed by atoms with Crippen LogP contribution in [0.3, 0.4) is 0 Å². The molecule has 0 radical (unpaired) electrons. The topological polar surface area (TPSA) is 179 Å². The average molecular weight is 710 g/mol. The fraction of sp³-hybridized carbons (Fsp3) is 0.486. The van der Waals surface area contributed by atoms with Gasteiger partial charge >= 0.3 is 6.09 Å². The largest absolute Gasteiger partial charge is 0.445 e. The first-order valence-electron chi connectivity index (χ1n) is 17.1. The van der Waals surface area contributed by atoms with Crippen LogP contribution in [0.25, 0.3) is 0 Å². The van der Waals surface area contributed by atoms with Crippen molar-refractivity contribution >= 4 is 35.2 Å². The van der Waals surface area contributed by atoms with Gasteiger partial charge in [-0.25, -0.2) is 9.78 Å². The molecule has 1 unspecified atom stereocenters. The lowest BCUT2D eigenvalue weighted by Crippen LogP contribution is -2.57. The van der Waals surface area contributed by atoms with Crippen molar-refractivity contribution in [1.82, 2.24) is 26.3 Å². The van der Waals surface area contributed by atoms with E-state index in [1.807, 2.05) is 88.4 Å². The summed E-state index contributed by atoms with van der Waals surface area (Å²) in [5.74, 6) is -1.54. The zero-order valence-corrected chi connectivity index (χ0v) is 30.0. The van der Waals surface area contributed by atoms with E-state index in [0.717, 1.165) is 17.5 Å². The van der Waals surface area contributed by atoms with Crippen molar-refractivity contribution in [2.75, 3.05) is 6.61 Å². The Labute approximate surface area is 298 Å². The Kier molecular flexibility index (Phi) is 16.9. The number of alkyl carbamates (subject to hydrolysis) is 1. The Balaban J connectivity index is 1.77. The molecule has 1 aromatic heterocycles. The predicted octanol–water partition coefficient (Wildman–Crippen LogP) is 3.51. The maximum absolute atomic E-state index is 13.9. The number of aliphatic hydroxyl groups excluding tert-OH is 2. The highest BCUT2D eigenvalue weighted by Gasteiger charge is 2.32. The molecule has 0 aliphatic carbocycles. The van der Waals surface area contributed by atoms with E-state index < -0.39 is 54.1 Å². The number of aliphatic hydroxyl groups is 2. The van der Waals surface area contributed by atoms with Gasteiger partial charge in [-0.1, -0.05) is 94.8 Å². The maximum Gasteiger partial charge on any atom is 0.408 e. The number of rotatable bonds is 20. The van der Waals surface area contributed by atoms with E-state index in [1.165, 1.54) is 11.3 Å². The van der Waals surface area contributed by atoms with E-state index in [-0.39, 0.29) is 44.3 Å². The third-order valence-electron chi connectivity index (χ3n) is 8.42. The highest BCUT2D eigenvalue weighted by atomic mass is 32.1. The fourth-order valence-electron chi connectivity index (χ4n) is 5.35. The van der Waals surface area contributed by atoms with E-state index in [4.69, 9.17) is 4.74 Å². The quantitative estimate of drug-likeness (QED) is 0.103. The third-order valence-corrected chi connectivity index (χ3v) is 9.05. The van der Waals surface area contributed by atoms with Gasteiger partial charge in [-0.2, -0.15) is 0 Å². The van der Waals surface area contributed by atoms with Gasteiger partial charge in [0.1, 0.15) is 18.7 Å². The maximum atomic E-state index is 13.9. The van der Waals surface area contributed by atoms with Crippen molar-refractivity contribution < 1.29 is 34.1 Å². The minimum Gasteiger partial charge on any atom is -0.445 e. The van der Waals surface area contributed by atoms with Crippen LogP contribution in [0.15, 0.2) is 71.6 Å². The summed E-state index contributed by atoms with van der Waals surface area (Å²) in [5.41, 5.74) is 3.76. The molecule has 0 saturated heterocycles. The number of benzene rings is 2. The van der Waals surface area contributed by atoms with Crippen LogP contribution in [0.5, 0.6) is 0 Å². The zero-order chi connectivity index (χ0) is 36.5. The van der Waals surface area contributed by atoms with Crippen molar-refractivity contribution in [2.24, 2.45) is 11.8 Å². The number of amides is 4. The molecule has 3 rings (SSSR count). The van der Waals surface area contributed by atoms with Crippen LogP contribution in [-0.2, 0) is 38.6 Å². The van der Waals surface area contributed by atoms with Gasteiger partial charge in [-0.3, -0.25) is 14.4 Å². The number of hydrogen-bond acceptors (Lipinski definition) is 9. The van der Waals surface area contributed by atoms with Gasteiger partial charge < -0.3 is 36.2 Å². The molecule has 12 nitrogen and oxygen atoms in total. The summed E-state index contributed by atoms with van der Waals surface area (Å²) in [4.78, 5) is 57.8. The number of thiazole rings is 1. The van der Waals surface area contributed by atoms with Crippen LogP contribution < -0.4 is 21.3 Å². The Morgan fingerprint density at radius 1 is 0.820 bits per heavy atom. The number of aromatic nitrogens is 1. The molecule has 4 amide bonds. The van der Waals surface area contributed by atoms with Gasteiger partial charge in [0.25, 0.3) is 0 Å². The lowest BCUT2D eigenvalue weighted by Gasteiger charge is -2.29. The van der Waals surface area contributed by atoms with Gasteiger partial charge in [0.15, 0.2) is 0 Å². The summed E-state index contributed by atoms with van der Waals surface area (Å²) in [6.45, 7) is 7.53. The second-order valence-electron chi connectivity index (χ2n) is 13.0. The van der Waals surface area contributed by atoms with E-state index in [1.54, 1.807) is 10.9 Å². The predicted molar refractivity (Wildman–Crippen MR) is 192 cm³/mol. The summed E-state index contributed by atoms with van der Waals surface area (Å²) in [7, 11) is 0. The molecule has 0 bridgehead atoms. The van der Waals surface area contributed by atoms with Gasteiger partial charge in [-0.05, 0) is 29.4 Å². The SMILES string of the molecule is CC[C@H](C)[C@@H](CO)NC(=O)C[C@H](O)[C@H](CC(C)C)NC(=O)C(Cc1cscn1)NC(=O)[C@H](Cc1ccccc1)NC(=O)OCc1ccccc1. The molecule has 1 heterocycles. The minimum absolute atomic E-state index is 0.0110. The number of ether oxygens (including phenoxy) is 1. The standard InChI is InChI=1S/C37H51N5O7S/c1-5-25(4)32(20-43)39-34(45)19-33(44)29(16-24(2)3)40-36(47)31(18-28-22-50-23-38-28)41-35(46)30(17-26-12-8-6-9-13-26)42-37(48)49-21-27-14-10-7-11-15-27/h6-15,22-25,29-33,43-44H,5,16-21H2,1-4H3,(H,39,45)(H,40,47)(H,41,46)(H,42,48)/t25-,29-,30-,31?,32+,33-/m0/s1. The molecule has 0 aliphatic rings. The lowest BCUT2D eigenvalue weighted by molar-refractivity contribution is -0.131. The normalized spacial score (nSPS) is 14.8. The fourth-order valence-corrected chi connectivity index (χ4v) is 5.92. The molecule has 3 aromatic rings. The number of carbonyl (C=O) groups excluding carboxylic acids is 4. The first-order valence-corrected chi connectivity index (χ1v) is 18.0. The molecule has 0 spiro atoms. The average Bonchev–Trinajstić information content (AvgIpc) is 3.62. The van der Waals surface area contributed by atoms with Crippen LogP contribution in [0, 0.1) is 11.8 Å². The molecule has 50 heavy (non-hydrogen) atoms. The van der Waals surface area contributed by atoms with Crippen LogP contribution in [0.1, 0.15) is 63.8 Å². The number of hydrogen-bond donors (Lipinski definition) is 6. The molecule has 13 heteroatoms. The Hall–Kier alpha value is -4.33. The smallest absolute Gasteiger partial charge is 0.408 e. The molecule has 6 N–H and O–H groups in total. The molecule has 2 aromatic carbocycles. The molecule has 0 fully saturated rings. The second-order valence-corrected chi connectivity index (χ2v) is 13.7. The monoisotopic (exact) mass is 709 g/mol. The summed E-state index contributed by atoms with van der Waals surface area (Å²) in [6, 6.07) is 14.8. The van der Waals surface area contributed by atoms with E-state index in [2.05, 4.69) is 26.3 Å². The summed E-state index contributed by atoms with van der Waals surface area (Å²) >= 11 is 1.35. The van der Waals surface area contributed by atoms with E-state index >= 15 is 0 Å². The van der Waals surface area contributed by atoms with Crippen molar-refractivity contribution in [3.63, 3.8) is 0 Å². The van der Waals surface area contributed by atoms with Crippen LogP contribution >= 0.6 is 11.3 Å². The van der Waals surface area contributed by atoms with Crippen LogP contribution in [0.2, 0.25) is 0 Å². The van der Waals surface area contributed by atoms with Gasteiger partial charge in [0, 0.05) is 18.2 Å². The van der Waals surface area contributed by atoms with Gasteiger partial charge in [0.2, 0.25) is 17.7 Å². The third kappa shape index (κ3) is 13.9. The number of nitrogens with zero attached hydrogens (tertiary/aromatic N) is 1. The summed E-state index contributed by atoms with van der Waals surface area (Å²) < 4.78 is 5.39. The lowest BCUT2D eigenvalue weighted by atomic mass is 9.95. The molecule has 0 saturated carbocycles. The molecule has 0 aliphatic heterocycles. The molecule has 6 atom stereocenters.